The minimum atomic E-state index is 0.514. The predicted octanol–water partition coefficient (Wildman–Crippen LogP) is 0.472. The van der Waals surface area contributed by atoms with Crippen LogP contribution in [0.3, 0.4) is 0 Å². The largest absolute Gasteiger partial charge is 0.354 e. The van der Waals surface area contributed by atoms with Gasteiger partial charge >= 0.3 is 0 Å². The molecule has 0 bridgehead atoms. The van der Waals surface area contributed by atoms with Gasteiger partial charge in [-0.2, -0.15) is 0 Å². The Morgan fingerprint density at radius 3 is 1.30 bits per heavy atom. The van der Waals surface area contributed by atoms with Crippen LogP contribution in [0.15, 0.2) is 36.4 Å². The van der Waals surface area contributed by atoms with E-state index in [4.69, 9.17) is 17.2 Å². The van der Waals surface area contributed by atoms with E-state index in [0.717, 1.165) is 34.4 Å². The van der Waals surface area contributed by atoms with Crippen molar-refractivity contribution in [3.05, 3.63) is 58.7 Å². The lowest BCUT2D eigenvalue weighted by atomic mass is 9.96. The van der Waals surface area contributed by atoms with Crippen LogP contribution in [-0.4, -0.2) is 0 Å². The third-order valence-corrected chi connectivity index (χ3v) is 3.43. The van der Waals surface area contributed by atoms with Gasteiger partial charge in [0.25, 0.3) is 0 Å². The summed E-state index contributed by atoms with van der Waals surface area (Å²) in [6.07, 6.45) is 0. The molecule has 4 nitrogen and oxygen atoms in total. The van der Waals surface area contributed by atoms with Crippen molar-refractivity contribution in [3.63, 3.8) is 0 Å². The van der Waals surface area contributed by atoms with Gasteiger partial charge in [-0.15, -0.1) is 0 Å². The second-order valence-corrected chi connectivity index (χ2v) is 4.94. The molecule has 0 saturated carbocycles. The molecular weight excluding hydrogens is 248 g/mol. The minimum absolute atomic E-state index is 0.514. The van der Waals surface area contributed by atoms with Gasteiger partial charge in [0.05, 0.1) is 6.54 Å². The van der Waals surface area contributed by atoms with E-state index in [0.29, 0.717) is 19.6 Å². The summed E-state index contributed by atoms with van der Waals surface area (Å²) in [5.41, 5.74) is 28.0. The van der Waals surface area contributed by atoms with Crippen molar-refractivity contribution in [2.75, 3.05) is 0 Å². The fourth-order valence-electron chi connectivity index (χ4n) is 2.36. The molecule has 0 atom stereocenters. The topological polar surface area (TPSA) is 106 Å². The van der Waals surface area contributed by atoms with Crippen LogP contribution >= 0.6 is 0 Å². The summed E-state index contributed by atoms with van der Waals surface area (Å²) in [5, 5.41) is 0. The molecule has 20 heavy (non-hydrogen) atoms. The second kappa shape index (κ2) is 6.63. The summed E-state index contributed by atoms with van der Waals surface area (Å²) in [4.78, 5) is 0. The summed E-state index contributed by atoms with van der Waals surface area (Å²) in [5.74, 6) is 0. The molecule has 4 heteroatoms. The van der Waals surface area contributed by atoms with Gasteiger partial charge < -0.3 is 22.9 Å². The Morgan fingerprint density at radius 2 is 0.950 bits per heavy atom. The minimum Gasteiger partial charge on any atom is -0.354 e. The average molecular weight is 271 g/mol. The molecule has 0 aliphatic carbocycles. The third kappa shape index (κ3) is 3.23. The van der Waals surface area contributed by atoms with Gasteiger partial charge in [-0.05, 0) is 58.1 Å². The number of hydrogen-bond donors (Lipinski definition) is 4. The van der Waals surface area contributed by atoms with Crippen LogP contribution in [-0.2, 0) is 26.2 Å². The summed E-state index contributed by atoms with van der Waals surface area (Å²) in [6, 6.07) is 12.7. The lowest BCUT2D eigenvalue weighted by molar-refractivity contribution is -0.386. The Kier molecular flexibility index (Phi) is 4.87. The Morgan fingerprint density at radius 1 is 0.600 bits per heavy atom. The molecule has 0 saturated heterocycles. The van der Waals surface area contributed by atoms with E-state index in [1.807, 2.05) is 0 Å². The van der Waals surface area contributed by atoms with Crippen LogP contribution in [0.25, 0.3) is 11.1 Å². The molecule has 0 fully saturated rings. The normalized spacial score (nSPS) is 10.8. The monoisotopic (exact) mass is 271 g/mol. The van der Waals surface area contributed by atoms with Crippen LogP contribution in [0, 0.1) is 0 Å². The molecule has 0 aliphatic heterocycles. The Hall–Kier alpha value is -1.72. The maximum absolute atomic E-state index is 5.77. The predicted molar refractivity (Wildman–Crippen MR) is 82.1 cm³/mol. The van der Waals surface area contributed by atoms with Gasteiger partial charge in [0.1, 0.15) is 0 Å². The lowest BCUT2D eigenvalue weighted by Gasteiger charge is -2.11. The molecule has 2 aromatic carbocycles. The Labute approximate surface area is 119 Å². The van der Waals surface area contributed by atoms with E-state index < -0.39 is 0 Å². The van der Waals surface area contributed by atoms with E-state index in [1.165, 1.54) is 5.56 Å². The summed E-state index contributed by atoms with van der Waals surface area (Å²) < 4.78 is 0. The third-order valence-electron chi connectivity index (χ3n) is 3.43. The van der Waals surface area contributed by atoms with Gasteiger partial charge in [0.15, 0.2) is 0 Å². The van der Waals surface area contributed by atoms with Crippen molar-refractivity contribution in [2.45, 2.75) is 26.2 Å². The highest BCUT2D eigenvalue weighted by molar-refractivity contribution is 5.67. The van der Waals surface area contributed by atoms with Crippen LogP contribution < -0.4 is 22.9 Å². The highest BCUT2D eigenvalue weighted by Gasteiger charge is 2.06. The number of hydrogen-bond acceptors (Lipinski definition) is 3. The highest BCUT2D eigenvalue weighted by atomic mass is 14.5. The zero-order valence-corrected chi connectivity index (χ0v) is 11.7. The molecule has 2 aromatic rings. The Balaban J connectivity index is 2.54. The highest BCUT2D eigenvalue weighted by Crippen LogP contribution is 2.25. The molecule has 0 heterocycles. The lowest BCUT2D eigenvalue weighted by Crippen LogP contribution is -2.47. The number of nitrogens with two attached hydrogens (primary N) is 3. The van der Waals surface area contributed by atoms with Gasteiger partial charge in [-0.25, -0.2) is 0 Å². The van der Waals surface area contributed by atoms with E-state index in [9.17, 15) is 0 Å². The van der Waals surface area contributed by atoms with Crippen molar-refractivity contribution in [3.8, 4) is 11.1 Å². The first-order chi connectivity index (χ1) is 9.69. The molecular formula is C16H23N4+. The second-order valence-electron chi connectivity index (χ2n) is 4.94. The number of benzene rings is 2. The van der Waals surface area contributed by atoms with E-state index in [-0.39, 0.29) is 0 Å². The van der Waals surface area contributed by atoms with Crippen LogP contribution in [0.1, 0.15) is 22.3 Å². The van der Waals surface area contributed by atoms with Gasteiger partial charge in [0, 0.05) is 25.2 Å². The summed E-state index contributed by atoms with van der Waals surface area (Å²) in [6.45, 7) is 2.31. The molecule has 0 radical (unpaired) electrons. The molecule has 0 unspecified atom stereocenters. The molecule has 0 aliphatic rings. The SMILES string of the molecule is NCc1cc(CN)cc(-c2cc(CN)cc(C[NH3+])c2)c1. The van der Waals surface area contributed by atoms with Crippen LogP contribution in [0.2, 0.25) is 0 Å². The molecule has 0 aromatic heterocycles. The summed E-state index contributed by atoms with van der Waals surface area (Å²) in [7, 11) is 0. The van der Waals surface area contributed by atoms with Crippen molar-refractivity contribution in [1.82, 2.24) is 0 Å². The molecule has 106 valence electrons. The number of rotatable bonds is 5. The van der Waals surface area contributed by atoms with Crippen molar-refractivity contribution >= 4 is 0 Å². The van der Waals surface area contributed by atoms with Crippen LogP contribution in [0.4, 0.5) is 0 Å². The van der Waals surface area contributed by atoms with Gasteiger partial charge in [0.2, 0.25) is 0 Å². The first kappa shape index (κ1) is 14.7. The van der Waals surface area contributed by atoms with Crippen molar-refractivity contribution in [2.24, 2.45) is 17.2 Å². The maximum Gasteiger partial charge on any atom is 0.0997 e. The standard InChI is InChI=1S/C16H22N4/c17-7-11-1-12(8-18)4-15(3-11)16-5-13(9-19)2-14(6-16)10-20/h1-6H,7-10,17-20H2/p+1. The van der Waals surface area contributed by atoms with Crippen LogP contribution in [0.5, 0.6) is 0 Å². The van der Waals surface area contributed by atoms with Gasteiger partial charge in [-0.3, -0.25) is 0 Å². The first-order valence-electron chi connectivity index (χ1n) is 6.85. The first-order valence-corrected chi connectivity index (χ1v) is 6.85. The number of quaternary nitrogens is 1. The molecule has 0 spiro atoms. The van der Waals surface area contributed by atoms with E-state index in [2.05, 4.69) is 42.1 Å². The maximum atomic E-state index is 5.77. The fraction of sp³-hybridized carbons (Fsp3) is 0.250. The molecule has 2 rings (SSSR count). The van der Waals surface area contributed by atoms with Crippen molar-refractivity contribution in [1.29, 1.82) is 0 Å². The fourth-order valence-corrected chi connectivity index (χ4v) is 2.36. The van der Waals surface area contributed by atoms with E-state index >= 15 is 0 Å². The molecule has 9 N–H and O–H groups in total. The average Bonchev–Trinajstić information content (AvgIpc) is 2.53. The van der Waals surface area contributed by atoms with Gasteiger partial charge in [-0.1, -0.05) is 6.07 Å². The zero-order valence-electron chi connectivity index (χ0n) is 11.7. The smallest absolute Gasteiger partial charge is 0.0997 e. The van der Waals surface area contributed by atoms with E-state index in [1.54, 1.807) is 0 Å². The zero-order chi connectivity index (χ0) is 14.5. The van der Waals surface area contributed by atoms with Crippen molar-refractivity contribution < 1.29 is 5.73 Å². The summed E-state index contributed by atoms with van der Waals surface area (Å²) >= 11 is 0. The Bertz CT molecular complexity index is 495. The molecule has 0 amide bonds. The quantitative estimate of drug-likeness (QED) is 0.635.